The van der Waals surface area contributed by atoms with Crippen molar-refractivity contribution in [1.82, 2.24) is 14.6 Å². The van der Waals surface area contributed by atoms with Gasteiger partial charge >= 0.3 is 0 Å². The zero-order chi connectivity index (χ0) is 19.0. The molecule has 1 atom stereocenters. The number of aromatic hydroxyl groups is 1. The first-order valence-electron chi connectivity index (χ1n) is 9.00. The molecule has 4 rings (SSSR count). The van der Waals surface area contributed by atoms with Crippen molar-refractivity contribution in [2.75, 3.05) is 5.32 Å². The van der Waals surface area contributed by atoms with E-state index in [1.54, 1.807) is 4.52 Å². The zero-order valence-electron chi connectivity index (χ0n) is 15.6. The monoisotopic (exact) mass is 358 g/mol. The lowest BCUT2D eigenvalue weighted by Gasteiger charge is -2.11. The van der Waals surface area contributed by atoms with Gasteiger partial charge in [0.25, 0.3) is 0 Å². The quantitative estimate of drug-likeness (QED) is 0.545. The van der Waals surface area contributed by atoms with Gasteiger partial charge in [-0.2, -0.15) is 4.98 Å². The first-order valence-corrected chi connectivity index (χ1v) is 9.00. The van der Waals surface area contributed by atoms with Crippen LogP contribution in [0.3, 0.4) is 0 Å². The fourth-order valence-corrected chi connectivity index (χ4v) is 3.26. The third-order valence-electron chi connectivity index (χ3n) is 4.80. The van der Waals surface area contributed by atoms with Gasteiger partial charge in [0.1, 0.15) is 5.75 Å². The van der Waals surface area contributed by atoms with Gasteiger partial charge in [-0.1, -0.05) is 30.3 Å². The van der Waals surface area contributed by atoms with Crippen LogP contribution >= 0.6 is 0 Å². The average Bonchev–Trinajstić information content (AvgIpc) is 3.07. The molecule has 2 heterocycles. The Bertz CT molecular complexity index is 1080. The molecular weight excluding hydrogens is 336 g/mol. The number of nitrogens with one attached hydrogen (secondary N) is 1. The van der Waals surface area contributed by atoms with Crippen LogP contribution in [-0.2, 0) is 0 Å². The molecule has 2 aromatic heterocycles. The van der Waals surface area contributed by atoms with Crippen LogP contribution in [0, 0.1) is 13.8 Å². The van der Waals surface area contributed by atoms with Gasteiger partial charge in [0.05, 0.1) is 6.04 Å². The molecule has 0 aliphatic rings. The molecule has 0 aliphatic carbocycles. The first kappa shape index (κ1) is 17.1. The highest BCUT2D eigenvalue weighted by Crippen LogP contribution is 2.29. The summed E-state index contributed by atoms with van der Waals surface area (Å²) in [4.78, 5) is 4.56. The molecular formula is C22H22N4O. The van der Waals surface area contributed by atoms with E-state index in [4.69, 9.17) is 0 Å². The lowest BCUT2D eigenvalue weighted by molar-refractivity contribution is 0.467. The highest BCUT2D eigenvalue weighted by Gasteiger charge is 2.11. The zero-order valence-corrected chi connectivity index (χ0v) is 15.6. The van der Waals surface area contributed by atoms with E-state index in [2.05, 4.69) is 34.5 Å². The number of fused-ring (bicyclic) bond motifs is 1. The number of hydrogen-bond acceptors (Lipinski definition) is 4. The maximum atomic E-state index is 9.99. The van der Waals surface area contributed by atoms with Crippen molar-refractivity contribution in [2.45, 2.75) is 26.8 Å². The van der Waals surface area contributed by atoms with E-state index in [1.807, 2.05) is 62.5 Å². The molecule has 2 N–H and O–H groups in total. The Labute approximate surface area is 158 Å². The second-order valence-electron chi connectivity index (χ2n) is 6.89. The van der Waals surface area contributed by atoms with Crippen LogP contribution < -0.4 is 5.32 Å². The topological polar surface area (TPSA) is 62.5 Å². The molecule has 4 aromatic rings. The number of rotatable bonds is 4. The number of aryl methyl sites for hydroxylation is 2. The lowest BCUT2D eigenvalue weighted by Crippen LogP contribution is -2.07. The molecule has 0 aliphatic heterocycles. The van der Waals surface area contributed by atoms with Crippen LogP contribution in [0.15, 0.2) is 60.8 Å². The molecule has 5 nitrogen and oxygen atoms in total. The Kier molecular flexibility index (Phi) is 4.28. The summed E-state index contributed by atoms with van der Waals surface area (Å²) in [6.07, 6.45) is 1.96. The van der Waals surface area contributed by atoms with Crippen LogP contribution in [0.25, 0.3) is 16.8 Å². The number of benzene rings is 2. The standard InChI is InChI=1S/C22H22N4O/c1-14-11-19(12-15(2)21(14)27)18-9-10-20-24-22(25-26(20)13-18)23-16(3)17-7-5-4-6-8-17/h4-13,16,27H,1-3H3,(H,23,25). The van der Waals surface area contributed by atoms with Gasteiger partial charge in [-0.15, -0.1) is 5.10 Å². The molecule has 0 saturated carbocycles. The lowest BCUT2D eigenvalue weighted by atomic mass is 10.0. The van der Waals surface area contributed by atoms with E-state index in [0.29, 0.717) is 11.7 Å². The summed E-state index contributed by atoms with van der Waals surface area (Å²) in [5.74, 6) is 0.948. The maximum Gasteiger partial charge on any atom is 0.243 e. The maximum absolute atomic E-state index is 9.99. The highest BCUT2D eigenvalue weighted by molar-refractivity contribution is 5.68. The normalized spacial score (nSPS) is 12.3. The predicted molar refractivity (Wildman–Crippen MR) is 108 cm³/mol. The number of aromatic nitrogens is 3. The van der Waals surface area contributed by atoms with Crippen molar-refractivity contribution in [3.63, 3.8) is 0 Å². The summed E-state index contributed by atoms with van der Waals surface area (Å²) >= 11 is 0. The van der Waals surface area contributed by atoms with Crippen LogP contribution in [0.4, 0.5) is 5.95 Å². The fraction of sp³-hybridized carbons (Fsp3) is 0.182. The van der Waals surface area contributed by atoms with Gasteiger partial charge in [0.15, 0.2) is 5.65 Å². The van der Waals surface area contributed by atoms with Gasteiger partial charge in [0.2, 0.25) is 5.95 Å². The summed E-state index contributed by atoms with van der Waals surface area (Å²) < 4.78 is 1.78. The Morgan fingerprint density at radius 1 is 0.963 bits per heavy atom. The van der Waals surface area contributed by atoms with E-state index in [1.165, 1.54) is 5.56 Å². The molecule has 0 bridgehead atoms. The molecule has 0 spiro atoms. The SMILES string of the molecule is Cc1cc(-c2ccc3nc(NC(C)c4ccccc4)nn3c2)cc(C)c1O. The summed E-state index contributed by atoms with van der Waals surface area (Å²) in [5.41, 5.74) is 5.78. The largest absolute Gasteiger partial charge is 0.507 e. The van der Waals surface area contributed by atoms with E-state index in [9.17, 15) is 5.11 Å². The average molecular weight is 358 g/mol. The van der Waals surface area contributed by atoms with Gasteiger partial charge in [0, 0.05) is 11.8 Å². The number of anilines is 1. The van der Waals surface area contributed by atoms with Gasteiger partial charge in [-0.3, -0.25) is 0 Å². The van der Waals surface area contributed by atoms with Gasteiger partial charge in [-0.25, -0.2) is 4.52 Å². The van der Waals surface area contributed by atoms with Crippen molar-refractivity contribution < 1.29 is 5.11 Å². The molecule has 2 aromatic carbocycles. The molecule has 0 amide bonds. The molecule has 5 heteroatoms. The van der Waals surface area contributed by atoms with E-state index < -0.39 is 0 Å². The van der Waals surface area contributed by atoms with Crippen LogP contribution in [-0.4, -0.2) is 19.7 Å². The first-order chi connectivity index (χ1) is 13.0. The van der Waals surface area contributed by atoms with Crippen molar-refractivity contribution in [3.05, 3.63) is 77.5 Å². The Morgan fingerprint density at radius 3 is 2.37 bits per heavy atom. The van der Waals surface area contributed by atoms with E-state index >= 15 is 0 Å². The van der Waals surface area contributed by atoms with Crippen LogP contribution in [0.2, 0.25) is 0 Å². The fourth-order valence-electron chi connectivity index (χ4n) is 3.26. The molecule has 27 heavy (non-hydrogen) atoms. The molecule has 1 unspecified atom stereocenters. The van der Waals surface area contributed by atoms with E-state index in [0.717, 1.165) is 27.9 Å². The summed E-state index contributed by atoms with van der Waals surface area (Å²) in [6, 6.07) is 18.3. The summed E-state index contributed by atoms with van der Waals surface area (Å²) in [7, 11) is 0. The summed E-state index contributed by atoms with van der Waals surface area (Å²) in [5, 5.41) is 17.9. The third kappa shape index (κ3) is 3.36. The van der Waals surface area contributed by atoms with Crippen molar-refractivity contribution in [1.29, 1.82) is 0 Å². The van der Waals surface area contributed by atoms with Crippen molar-refractivity contribution in [3.8, 4) is 16.9 Å². The molecule has 136 valence electrons. The third-order valence-corrected chi connectivity index (χ3v) is 4.80. The Hall–Kier alpha value is -3.34. The minimum Gasteiger partial charge on any atom is -0.507 e. The van der Waals surface area contributed by atoms with Crippen molar-refractivity contribution >= 4 is 11.6 Å². The Balaban J connectivity index is 1.64. The van der Waals surface area contributed by atoms with Gasteiger partial charge in [-0.05, 0) is 67.3 Å². The number of nitrogens with zero attached hydrogens (tertiary/aromatic N) is 3. The minimum atomic E-state index is 0.116. The molecule has 0 fully saturated rings. The number of pyridine rings is 1. The second-order valence-corrected chi connectivity index (χ2v) is 6.89. The molecule has 0 saturated heterocycles. The number of phenolic OH excluding ortho intramolecular Hbond substituents is 1. The predicted octanol–water partition coefficient (Wildman–Crippen LogP) is 4.89. The van der Waals surface area contributed by atoms with Crippen LogP contribution in [0.5, 0.6) is 5.75 Å². The highest BCUT2D eigenvalue weighted by atomic mass is 16.3. The Morgan fingerprint density at radius 2 is 1.67 bits per heavy atom. The van der Waals surface area contributed by atoms with Crippen molar-refractivity contribution in [2.24, 2.45) is 0 Å². The second kappa shape index (κ2) is 6.76. The number of phenols is 1. The number of hydrogen-bond donors (Lipinski definition) is 2. The van der Waals surface area contributed by atoms with Crippen LogP contribution in [0.1, 0.15) is 29.7 Å². The molecule has 0 radical (unpaired) electrons. The van der Waals surface area contributed by atoms with E-state index in [-0.39, 0.29) is 6.04 Å². The smallest absolute Gasteiger partial charge is 0.243 e. The van der Waals surface area contributed by atoms with Gasteiger partial charge < -0.3 is 10.4 Å². The minimum absolute atomic E-state index is 0.116. The summed E-state index contributed by atoms with van der Waals surface area (Å²) in [6.45, 7) is 5.91.